The molecule has 0 saturated carbocycles. The second-order valence-corrected chi connectivity index (χ2v) is 10.5. The molecule has 5 nitrogen and oxygen atoms in total. The fourth-order valence-corrected chi connectivity index (χ4v) is 6.21. The average Bonchev–Trinajstić information content (AvgIpc) is 2.89. The Morgan fingerprint density at radius 3 is 2.65 bits per heavy atom. The van der Waals surface area contributed by atoms with Gasteiger partial charge in [-0.2, -0.15) is 5.26 Å². The van der Waals surface area contributed by atoms with Crippen molar-refractivity contribution in [2.75, 3.05) is 4.90 Å². The first-order chi connectivity index (χ1) is 17.9. The minimum absolute atomic E-state index is 0.0580. The molecule has 37 heavy (non-hydrogen) atoms. The number of rotatable bonds is 5. The molecule has 1 aliphatic carbocycles. The van der Waals surface area contributed by atoms with Crippen LogP contribution in [0.2, 0.25) is 0 Å². The summed E-state index contributed by atoms with van der Waals surface area (Å²) < 4.78 is 13.3. The van der Waals surface area contributed by atoms with Crippen LogP contribution >= 0.6 is 11.8 Å². The Bertz CT molecular complexity index is 1470. The number of hydrogen-bond donors (Lipinski definition) is 1. The van der Waals surface area contributed by atoms with Crippen LogP contribution in [0.5, 0.6) is 0 Å². The number of ketones is 1. The van der Waals surface area contributed by atoms with E-state index in [9.17, 15) is 14.4 Å². The van der Waals surface area contributed by atoms with Gasteiger partial charge in [0.1, 0.15) is 11.6 Å². The quantitative estimate of drug-likeness (QED) is 0.398. The number of carbonyl (C=O) groups is 1. The van der Waals surface area contributed by atoms with Crippen molar-refractivity contribution >= 4 is 23.2 Å². The van der Waals surface area contributed by atoms with Crippen LogP contribution in [-0.2, 0) is 10.5 Å². The second kappa shape index (κ2) is 10.2. The summed E-state index contributed by atoms with van der Waals surface area (Å²) in [7, 11) is 0. The zero-order valence-corrected chi connectivity index (χ0v) is 21.6. The molecule has 2 N–H and O–H groups in total. The lowest BCUT2D eigenvalue weighted by Gasteiger charge is -2.40. The minimum atomic E-state index is -0.518. The molecule has 2 heterocycles. The fourth-order valence-electron chi connectivity index (χ4n) is 5.25. The van der Waals surface area contributed by atoms with Gasteiger partial charge in [-0.15, -0.1) is 11.8 Å². The van der Waals surface area contributed by atoms with Crippen molar-refractivity contribution in [1.29, 1.82) is 5.26 Å². The monoisotopic (exact) mass is 510 g/mol. The van der Waals surface area contributed by atoms with Gasteiger partial charge in [0.15, 0.2) is 5.78 Å². The number of nitrogens with zero attached hydrogens (tertiary/aromatic N) is 3. The van der Waals surface area contributed by atoms with E-state index in [-0.39, 0.29) is 11.6 Å². The van der Waals surface area contributed by atoms with Gasteiger partial charge in [0.05, 0.1) is 29.4 Å². The Kier molecular flexibility index (Phi) is 6.86. The molecule has 1 unspecified atom stereocenters. The Balaban J connectivity index is 1.61. The highest BCUT2D eigenvalue weighted by Crippen LogP contribution is 2.47. The number of aryl methyl sites for hydroxylation is 2. The van der Waals surface area contributed by atoms with Gasteiger partial charge in [-0.05, 0) is 85.3 Å². The number of hydrogen-bond acceptors (Lipinski definition) is 6. The van der Waals surface area contributed by atoms with E-state index in [2.05, 4.69) is 30.1 Å². The lowest BCUT2D eigenvalue weighted by molar-refractivity contribution is -0.116. The summed E-state index contributed by atoms with van der Waals surface area (Å²) in [5.74, 6) is 0.306. The zero-order chi connectivity index (χ0) is 26.1. The van der Waals surface area contributed by atoms with Gasteiger partial charge in [-0.3, -0.25) is 14.7 Å². The highest BCUT2D eigenvalue weighted by atomic mass is 32.2. The summed E-state index contributed by atoms with van der Waals surface area (Å²) in [6.45, 7) is 4.08. The number of Topliss-reactive ketones (excluding diaryl/α,β-unsaturated/α-hetero) is 1. The molecule has 0 fully saturated rings. The SMILES string of the molecule is Cc1cc(C)c(C2C(C#N)=C(N)N(c3cccnc3)C3=C2C(=O)CCC3)cc1CSc1ccc(F)cc1. The third kappa shape index (κ3) is 4.65. The third-order valence-corrected chi connectivity index (χ3v) is 8.12. The van der Waals surface area contributed by atoms with Gasteiger partial charge in [0.2, 0.25) is 0 Å². The van der Waals surface area contributed by atoms with E-state index in [0.717, 1.165) is 45.0 Å². The van der Waals surface area contributed by atoms with Crippen LogP contribution in [0.4, 0.5) is 10.1 Å². The number of carbonyl (C=O) groups excluding carboxylic acids is 1. The number of benzene rings is 2. The molecule has 2 aromatic carbocycles. The molecule has 1 aliphatic heterocycles. The van der Waals surface area contributed by atoms with Crippen molar-refractivity contribution in [3.05, 3.63) is 112 Å². The molecule has 0 spiro atoms. The van der Waals surface area contributed by atoms with E-state index >= 15 is 0 Å². The number of nitriles is 1. The first kappa shape index (κ1) is 24.8. The zero-order valence-electron chi connectivity index (χ0n) is 20.8. The van der Waals surface area contributed by atoms with Crippen LogP contribution in [0.3, 0.4) is 0 Å². The molecule has 1 atom stereocenters. The second-order valence-electron chi connectivity index (χ2n) is 9.41. The van der Waals surface area contributed by atoms with E-state index < -0.39 is 5.92 Å². The smallest absolute Gasteiger partial charge is 0.161 e. The summed E-state index contributed by atoms with van der Waals surface area (Å²) in [4.78, 5) is 20.5. The van der Waals surface area contributed by atoms with Crippen LogP contribution in [0.1, 0.15) is 47.4 Å². The first-order valence-electron chi connectivity index (χ1n) is 12.2. The highest BCUT2D eigenvalue weighted by Gasteiger charge is 2.41. The summed E-state index contributed by atoms with van der Waals surface area (Å²) in [6.07, 6.45) is 5.28. The molecular weight excluding hydrogens is 483 g/mol. The Hall–Kier alpha value is -3.89. The van der Waals surface area contributed by atoms with E-state index in [1.807, 2.05) is 24.0 Å². The predicted octanol–water partition coefficient (Wildman–Crippen LogP) is 6.43. The Morgan fingerprint density at radius 1 is 1.16 bits per heavy atom. The molecule has 0 amide bonds. The van der Waals surface area contributed by atoms with Gasteiger partial charge in [-0.25, -0.2) is 4.39 Å². The molecule has 2 aliphatic rings. The van der Waals surface area contributed by atoms with Crippen LogP contribution in [0.15, 0.2) is 88.5 Å². The maximum Gasteiger partial charge on any atom is 0.161 e. The van der Waals surface area contributed by atoms with Gasteiger partial charge >= 0.3 is 0 Å². The number of anilines is 1. The molecule has 5 rings (SSSR count). The van der Waals surface area contributed by atoms with Crippen LogP contribution in [0.25, 0.3) is 0 Å². The predicted molar refractivity (Wildman–Crippen MR) is 144 cm³/mol. The summed E-state index contributed by atoms with van der Waals surface area (Å²) in [5.41, 5.74) is 13.5. The van der Waals surface area contributed by atoms with Crippen molar-refractivity contribution in [2.24, 2.45) is 5.73 Å². The van der Waals surface area contributed by atoms with Crippen molar-refractivity contribution in [1.82, 2.24) is 4.98 Å². The molecule has 0 bridgehead atoms. The maximum absolute atomic E-state index is 13.5. The molecule has 3 aromatic rings. The maximum atomic E-state index is 13.5. The standard InChI is InChI=1S/C30H27FN4OS/c1-18-13-19(2)24(14-20(18)17-37-23-10-8-21(31)9-11-23)28-25(15-32)30(33)35(22-5-4-12-34-16-22)26-6-3-7-27(36)29(26)28/h4-5,8-14,16,28H,3,6-7,17,33H2,1-2H3. The van der Waals surface area contributed by atoms with Crippen molar-refractivity contribution < 1.29 is 9.18 Å². The Labute approximate surface area is 220 Å². The van der Waals surface area contributed by atoms with Crippen molar-refractivity contribution in [2.45, 2.75) is 49.7 Å². The number of thioether (sulfide) groups is 1. The van der Waals surface area contributed by atoms with E-state index in [0.29, 0.717) is 35.6 Å². The molecule has 186 valence electrons. The number of allylic oxidation sites excluding steroid dienone is 3. The fraction of sp³-hybridized carbons (Fsp3) is 0.233. The highest BCUT2D eigenvalue weighted by molar-refractivity contribution is 7.98. The van der Waals surface area contributed by atoms with Crippen LogP contribution in [-0.4, -0.2) is 10.8 Å². The number of halogens is 1. The topological polar surface area (TPSA) is 83.0 Å². The minimum Gasteiger partial charge on any atom is -0.384 e. The van der Waals surface area contributed by atoms with Crippen LogP contribution < -0.4 is 10.6 Å². The van der Waals surface area contributed by atoms with Gasteiger partial charge in [0.25, 0.3) is 0 Å². The molecule has 7 heteroatoms. The van der Waals surface area contributed by atoms with Crippen molar-refractivity contribution in [3.63, 3.8) is 0 Å². The molecule has 0 saturated heterocycles. The number of pyridine rings is 1. The van der Waals surface area contributed by atoms with Crippen LogP contribution in [0, 0.1) is 31.0 Å². The van der Waals surface area contributed by atoms with Crippen molar-refractivity contribution in [3.8, 4) is 6.07 Å². The summed E-state index contributed by atoms with van der Waals surface area (Å²) in [5, 5.41) is 10.3. The normalized spacial score (nSPS) is 17.6. The molecule has 1 aromatic heterocycles. The largest absolute Gasteiger partial charge is 0.384 e. The van der Waals surface area contributed by atoms with Gasteiger partial charge < -0.3 is 5.73 Å². The average molecular weight is 511 g/mol. The number of nitrogens with two attached hydrogens (primary N) is 1. The van der Waals surface area contributed by atoms with Gasteiger partial charge in [-0.1, -0.05) is 12.1 Å². The third-order valence-electron chi connectivity index (χ3n) is 7.06. The van der Waals surface area contributed by atoms with Gasteiger partial charge in [0, 0.05) is 34.5 Å². The first-order valence-corrected chi connectivity index (χ1v) is 13.2. The molecule has 0 radical (unpaired) electrons. The van der Waals surface area contributed by atoms with E-state index in [4.69, 9.17) is 5.73 Å². The summed E-state index contributed by atoms with van der Waals surface area (Å²) in [6, 6.07) is 16.7. The Morgan fingerprint density at radius 2 is 1.95 bits per heavy atom. The van der Waals surface area contributed by atoms with E-state index in [1.165, 1.54) is 12.1 Å². The number of aromatic nitrogens is 1. The lowest BCUT2D eigenvalue weighted by atomic mass is 9.74. The lowest BCUT2D eigenvalue weighted by Crippen LogP contribution is -2.39. The molecular formula is C30H27FN4OS. The summed E-state index contributed by atoms with van der Waals surface area (Å²) >= 11 is 1.62. The van der Waals surface area contributed by atoms with E-state index in [1.54, 1.807) is 36.3 Å².